The summed E-state index contributed by atoms with van der Waals surface area (Å²) in [6.45, 7) is -1.21. The molecule has 4 aliphatic rings. The SMILES string of the molecule is O=C(CC12CC3CC(CC(C3)C1)C2)OCCOC(=O)C(F)(F)S(=O)(=O)[O-]. The highest BCUT2D eigenvalue weighted by Gasteiger charge is 2.52. The van der Waals surface area contributed by atoms with E-state index >= 15 is 0 Å². The molecule has 7 nitrogen and oxygen atoms in total. The third-order valence-corrected chi connectivity index (χ3v) is 6.61. The number of halogens is 2. The number of alkyl halides is 2. The molecule has 148 valence electrons. The first kappa shape index (κ1) is 19.5. The number of hydrogen-bond donors (Lipinski definition) is 0. The van der Waals surface area contributed by atoms with Crippen molar-refractivity contribution in [3.8, 4) is 0 Å². The molecule has 4 fully saturated rings. The maximum atomic E-state index is 12.9. The van der Waals surface area contributed by atoms with Gasteiger partial charge in [0.15, 0.2) is 10.1 Å². The van der Waals surface area contributed by atoms with E-state index in [1.807, 2.05) is 0 Å². The van der Waals surface area contributed by atoms with Gasteiger partial charge in [0.2, 0.25) is 0 Å². The van der Waals surface area contributed by atoms with Gasteiger partial charge in [0, 0.05) is 0 Å². The Morgan fingerprint density at radius 1 is 1.00 bits per heavy atom. The van der Waals surface area contributed by atoms with Crippen LogP contribution in [0.5, 0.6) is 0 Å². The highest BCUT2D eigenvalue weighted by molar-refractivity contribution is 7.87. The van der Waals surface area contributed by atoms with Crippen LogP contribution < -0.4 is 0 Å². The van der Waals surface area contributed by atoms with Crippen molar-refractivity contribution in [3.05, 3.63) is 0 Å². The Labute approximate surface area is 150 Å². The van der Waals surface area contributed by atoms with Gasteiger partial charge >= 0.3 is 17.2 Å². The summed E-state index contributed by atoms with van der Waals surface area (Å²) in [6.07, 6.45) is 7.00. The molecule has 0 heterocycles. The minimum atomic E-state index is -6.15. The molecule has 4 saturated carbocycles. The maximum Gasteiger partial charge on any atom is 0.428 e. The molecule has 0 unspecified atom stereocenters. The fourth-order valence-electron chi connectivity index (χ4n) is 5.34. The van der Waals surface area contributed by atoms with E-state index in [1.165, 1.54) is 19.3 Å². The molecule has 4 bridgehead atoms. The minimum absolute atomic E-state index is 0.0355. The Morgan fingerprint density at radius 3 is 1.92 bits per heavy atom. The van der Waals surface area contributed by atoms with Crippen molar-refractivity contribution in [2.75, 3.05) is 13.2 Å². The van der Waals surface area contributed by atoms with Crippen molar-refractivity contribution >= 4 is 22.1 Å². The fourth-order valence-corrected chi connectivity index (χ4v) is 5.60. The number of rotatable bonds is 7. The van der Waals surface area contributed by atoms with E-state index in [0.717, 1.165) is 19.3 Å². The maximum absolute atomic E-state index is 12.9. The van der Waals surface area contributed by atoms with Gasteiger partial charge in [0.1, 0.15) is 13.2 Å². The van der Waals surface area contributed by atoms with Gasteiger partial charge in [-0.15, -0.1) is 0 Å². The van der Waals surface area contributed by atoms with Crippen LogP contribution in [-0.4, -0.2) is 43.4 Å². The molecule has 0 aliphatic heterocycles. The molecule has 0 atom stereocenters. The molecule has 0 radical (unpaired) electrons. The lowest BCUT2D eigenvalue weighted by molar-refractivity contribution is -0.166. The summed E-state index contributed by atoms with van der Waals surface area (Å²) in [5, 5.41) is -5.16. The molecule has 4 rings (SSSR count). The predicted molar refractivity (Wildman–Crippen MR) is 81.8 cm³/mol. The molecular formula is C16H21F2O7S-. The smallest absolute Gasteiger partial charge is 0.428 e. The van der Waals surface area contributed by atoms with Crippen LogP contribution in [0, 0.1) is 23.2 Å². The van der Waals surface area contributed by atoms with E-state index in [4.69, 9.17) is 4.74 Å². The highest BCUT2D eigenvalue weighted by Crippen LogP contribution is 2.61. The van der Waals surface area contributed by atoms with E-state index in [2.05, 4.69) is 4.74 Å². The number of ether oxygens (including phenoxy) is 2. The molecule has 0 aromatic heterocycles. The number of carbonyl (C=O) groups is 2. The molecule has 0 spiro atoms. The summed E-state index contributed by atoms with van der Waals surface area (Å²) in [7, 11) is -6.15. The summed E-state index contributed by atoms with van der Waals surface area (Å²) in [5.74, 6) is -0.931. The second-order valence-electron chi connectivity index (χ2n) is 7.92. The van der Waals surface area contributed by atoms with Gasteiger partial charge in [-0.25, -0.2) is 13.2 Å². The summed E-state index contributed by atoms with van der Waals surface area (Å²) >= 11 is 0. The van der Waals surface area contributed by atoms with Gasteiger partial charge in [0.25, 0.3) is 0 Å². The third-order valence-electron chi connectivity index (χ3n) is 5.82. The van der Waals surface area contributed by atoms with Crippen LogP contribution in [-0.2, 0) is 29.2 Å². The van der Waals surface area contributed by atoms with Crippen LogP contribution in [0.15, 0.2) is 0 Å². The summed E-state index contributed by atoms with van der Waals surface area (Å²) < 4.78 is 65.7. The van der Waals surface area contributed by atoms with E-state index < -0.39 is 40.5 Å². The number of esters is 2. The second kappa shape index (κ2) is 6.70. The van der Waals surface area contributed by atoms with Crippen molar-refractivity contribution in [2.45, 2.75) is 50.2 Å². The van der Waals surface area contributed by atoms with Gasteiger partial charge in [-0.1, -0.05) is 0 Å². The third kappa shape index (κ3) is 3.85. The lowest BCUT2D eigenvalue weighted by Crippen LogP contribution is -2.47. The number of carbonyl (C=O) groups excluding carboxylic acids is 2. The Hall–Kier alpha value is -1.29. The fraction of sp³-hybridized carbons (Fsp3) is 0.875. The second-order valence-corrected chi connectivity index (χ2v) is 9.34. The lowest BCUT2D eigenvalue weighted by Gasteiger charge is -2.56. The Morgan fingerprint density at radius 2 is 1.46 bits per heavy atom. The van der Waals surface area contributed by atoms with Crippen LogP contribution in [0.1, 0.15) is 44.9 Å². The van der Waals surface area contributed by atoms with Crippen molar-refractivity contribution in [3.63, 3.8) is 0 Å². The average Bonchev–Trinajstić information content (AvgIpc) is 2.48. The molecule has 0 N–H and O–H groups in total. The van der Waals surface area contributed by atoms with Crippen molar-refractivity contribution in [2.24, 2.45) is 23.2 Å². The van der Waals surface area contributed by atoms with Crippen LogP contribution in [0.2, 0.25) is 0 Å². The van der Waals surface area contributed by atoms with Crippen LogP contribution >= 0.6 is 0 Å². The molecule has 4 aliphatic carbocycles. The monoisotopic (exact) mass is 395 g/mol. The summed E-state index contributed by atoms with van der Waals surface area (Å²) in [6, 6.07) is 0. The minimum Gasteiger partial charge on any atom is -0.743 e. The van der Waals surface area contributed by atoms with E-state index in [0.29, 0.717) is 17.8 Å². The van der Waals surface area contributed by atoms with Gasteiger partial charge in [-0.2, -0.15) is 8.78 Å². The molecular weight excluding hydrogens is 374 g/mol. The quantitative estimate of drug-likeness (QED) is 0.367. The largest absolute Gasteiger partial charge is 0.743 e. The first-order valence-corrected chi connectivity index (χ1v) is 10.1. The lowest BCUT2D eigenvalue weighted by atomic mass is 9.49. The zero-order valence-corrected chi connectivity index (χ0v) is 14.9. The van der Waals surface area contributed by atoms with Crippen molar-refractivity contribution < 1.29 is 40.8 Å². The zero-order chi connectivity index (χ0) is 19.2. The normalized spacial score (nSPS) is 33.1. The van der Waals surface area contributed by atoms with E-state index in [-0.39, 0.29) is 11.8 Å². The van der Waals surface area contributed by atoms with Gasteiger partial charge < -0.3 is 14.0 Å². The molecule has 0 aromatic carbocycles. The highest BCUT2D eigenvalue weighted by atomic mass is 32.2. The summed E-state index contributed by atoms with van der Waals surface area (Å²) in [4.78, 5) is 23.0. The summed E-state index contributed by atoms with van der Waals surface area (Å²) in [5.41, 5.74) is -0.0355. The Bertz CT molecular complexity index is 653. The van der Waals surface area contributed by atoms with Gasteiger partial charge in [-0.3, -0.25) is 4.79 Å². The van der Waals surface area contributed by atoms with E-state index in [9.17, 15) is 31.3 Å². The molecule has 26 heavy (non-hydrogen) atoms. The van der Waals surface area contributed by atoms with Crippen LogP contribution in [0.4, 0.5) is 8.78 Å². The van der Waals surface area contributed by atoms with Gasteiger partial charge in [0.05, 0.1) is 6.42 Å². The number of hydrogen-bond acceptors (Lipinski definition) is 7. The topological polar surface area (TPSA) is 110 Å². The van der Waals surface area contributed by atoms with Crippen LogP contribution in [0.25, 0.3) is 0 Å². The molecule has 0 saturated heterocycles. The first-order chi connectivity index (χ1) is 12.0. The van der Waals surface area contributed by atoms with E-state index in [1.54, 1.807) is 0 Å². The molecule has 0 amide bonds. The molecule has 0 aromatic rings. The van der Waals surface area contributed by atoms with Gasteiger partial charge in [-0.05, 0) is 61.7 Å². The molecule has 10 heteroatoms. The Kier molecular flexibility index (Phi) is 5.02. The van der Waals surface area contributed by atoms with Crippen molar-refractivity contribution in [1.82, 2.24) is 0 Å². The van der Waals surface area contributed by atoms with Crippen molar-refractivity contribution in [1.29, 1.82) is 0 Å². The average molecular weight is 395 g/mol. The standard InChI is InChI=1S/C16H22F2O7S/c17-16(18,26(21,22)23)14(20)25-2-1-24-13(19)9-15-6-10-3-11(7-15)5-12(4-10)8-15/h10-12H,1-9H2,(H,21,22,23)/p-1. The van der Waals surface area contributed by atoms with Crippen LogP contribution in [0.3, 0.4) is 0 Å². The zero-order valence-electron chi connectivity index (χ0n) is 14.1. The Balaban J connectivity index is 1.42. The predicted octanol–water partition coefficient (Wildman–Crippen LogP) is 1.82. The first-order valence-electron chi connectivity index (χ1n) is 8.67.